The third-order valence-corrected chi connectivity index (χ3v) is 5.83. The Morgan fingerprint density at radius 2 is 1.42 bits per heavy atom. The zero-order valence-corrected chi connectivity index (χ0v) is 15.4. The first-order chi connectivity index (χ1) is 12.8. The summed E-state index contributed by atoms with van der Waals surface area (Å²) in [6.45, 7) is 7.80. The van der Waals surface area contributed by atoms with E-state index in [-0.39, 0.29) is 5.82 Å². The molecule has 3 nitrogen and oxygen atoms in total. The Bertz CT molecular complexity index is 672. The zero-order valence-electron chi connectivity index (χ0n) is 15.4. The Morgan fingerprint density at radius 3 is 2.08 bits per heavy atom. The van der Waals surface area contributed by atoms with Crippen LogP contribution < -0.4 is 4.90 Å². The second-order valence-electron chi connectivity index (χ2n) is 7.49. The van der Waals surface area contributed by atoms with Crippen LogP contribution in [0.3, 0.4) is 0 Å². The molecule has 4 rings (SSSR count). The summed E-state index contributed by atoms with van der Waals surface area (Å²) in [7, 11) is 0. The van der Waals surface area contributed by atoms with Crippen molar-refractivity contribution in [2.75, 3.05) is 44.2 Å². The summed E-state index contributed by atoms with van der Waals surface area (Å²) in [6.07, 6.45) is 2.49. The summed E-state index contributed by atoms with van der Waals surface area (Å²) in [4.78, 5) is 7.69. The van der Waals surface area contributed by atoms with Gasteiger partial charge in [-0.1, -0.05) is 30.3 Å². The summed E-state index contributed by atoms with van der Waals surface area (Å²) in [5, 5.41) is 0. The van der Waals surface area contributed by atoms with Gasteiger partial charge in [0, 0.05) is 44.5 Å². The molecule has 2 aliphatic rings. The number of anilines is 1. The van der Waals surface area contributed by atoms with Crippen molar-refractivity contribution in [3.05, 3.63) is 66.0 Å². The highest BCUT2D eigenvalue weighted by atomic mass is 19.1. The number of piperazine rings is 1. The number of hydrogen-bond acceptors (Lipinski definition) is 3. The van der Waals surface area contributed by atoms with Gasteiger partial charge in [0.2, 0.25) is 0 Å². The van der Waals surface area contributed by atoms with Crippen LogP contribution >= 0.6 is 0 Å². The van der Waals surface area contributed by atoms with E-state index in [9.17, 15) is 4.39 Å². The van der Waals surface area contributed by atoms with Gasteiger partial charge >= 0.3 is 0 Å². The van der Waals surface area contributed by atoms with Crippen molar-refractivity contribution in [3.8, 4) is 0 Å². The molecule has 2 fully saturated rings. The largest absolute Gasteiger partial charge is 0.369 e. The maximum Gasteiger partial charge on any atom is 0.123 e. The molecule has 0 amide bonds. The summed E-state index contributed by atoms with van der Waals surface area (Å²) in [5.74, 6) is -0.151. The Hall–Kier alpha value is -1.91. The quantitative estimate of drug-likeness (QED) is 0.831. The van der Waals surface area contributed by atoms with Gasteiger partial charge in [0.05, 0.1) is 0 Å². The SMILES string of the molecule is Fc1ccc(CN2CCC(N3CCN(c4ccccc4)CC3)CC2)cc1. The maximum atomic E-state index is 13.0. The molecule has 0 unspecified atom stereocenters. The minimum atomic E-state index is -0.151. The second-order valence-corrected chi connectivity index (χ2v) is 7.49. The molecule has 2 aliphatic heterocycles. The number of rotatable bonds is 4. The van der Waals surface area contributed by atoms with Crippen molar-refractivity contribution in [3.63, 3.8) is 0 Å². The first-order valence-corrected chi connectivity index (χ1v) is 9.79. The molecular formula is C22H28FN3. The fourth-order valence-electron chi connectivity index (χ4n) is 4.27. The van der Waals surface area contributed by atoms with Crippen LogP contribution in [0.25, 0.3) is 0 Å². The van der Waals surface area contributed by atoms with Gasteiger partial charge in [0.15, 0.2) is 0 Å². The van der Waals surface area contributed by atoms with Gasteiger partial charge in [-0.2, -0.15) is 0 Å². The molecule has 26 heavy (non-hydrogen) atoms. The van der Waals surface area contributed by atoms with E-state index in [4.69, 9.17) is 0 Å². The normalized spacial score (nSPS) is 20.4. The fourth-order valence-corrected chi connectivity index (χ4v) is 4.27. The number of likely N-dealkylation sites (tertiary alicyclic amines) is 1. The van der Waals surface area contributed by atoms with Crippen LogP contribution in [-0.2, 0) is 6.54 Å². The van der Waals surface area contributed by atoms with E-state index in [2.05, 4.69) is 45.0 Å². The molecule has 0 bridgehead atoms. The summed E-state index contributed by atoms with van der Waals surface area (Å²) in [5.41, 5.74) is 2.56. The van der Waals surface area contributed by atoms with Crippen molar-refractivity contribution in [2.24, 2.45) is 0 Å². The van der Waals surface area contributed by atoms with Crippen LogP contribution in [0.5, 0.6) is 0 Å². The van der Waals surface area contributed by atoms with Gasteiger partial charge in [-0.05, 0) is 55.8 Å². The minimum absolute atomic E-state index is 0.151. The van der Waals surface area contributed by atoms with Crippen LogP contribution in [-0.4, -0.2) is 55.1 Å². The van der Waals surface area contributed by atoms with Crippen LogP contribution in [0.2, 0.25) is 0 Å². The summed E-state index contributed by atoms with van der Waals surface area (Å²) in [6, 6.07) is 18.4. The van der Waals surface area contributed by atoms with Crippen LogP contribution in [0.1, 0.15) is 18.4 Å². The van der Waals surface area contributed by atoms with Gasteiger partial charge in [-0.15, -0.1) is 0 Å². The van der Waals surface area contributed by atoms with Crippen molar-refractivity contribution >= 4 is 5.69 Å². The first-order valence-electron chi connectivity index (χ1n) is 9.79. The van der Waals surface area contributed by atoms with Crippen molar-refractivity contribution in [1.82, 2.24) is 9.80 Å². The lowest BCUT2D eigenvalue weighted by atomic mass is 10.0. The van der Waals surface area contributed by atoms with Crippen molar-refractivity contribution in [1.29, 1.82) is 0 Å². The van der Waals surface area contributed by atoms with Crippen molar-refractivity contribution in [2.45, 2.75) is 25.4 Å². The van der Waals surface area contributed by atoms with Gasteiger partial charge in [-0.3, -0.25) is 9.80 Å². The molecule has 2 heterocycles. The molecule has 0 radical (unpaired) electrons. The number of piperidine rings is 1. The van der Waals surface area contributed by atoms with E-state index in [1.54, 1.807) is 12.1 Å². The molecule has 0 N–H and O–H groups in total. The Morgan fingerprint density at radius 1 is 0.769 bits per heavy atom. The van der Waals surface area contributed by atoms with E-state index in [1.807, 2.05) is 12.1 Å². The van der Waals surface area contributed by atoms with Crippen LogP contribution in [0.15, 0.2) is 54.6 Å². The minimum Gasteiger partial charge on any atom is -0.369 e. The molecule has 138 valence electrons. The highest BCUT2D eigenvalue weighted by molar-refractivity contribution is 5.46. The van der Waals surface area contributed by atoms with E-state index in [1.165, 1.54) is 24.1 Å². The zero-order chi connectivity index (χ0) is 17.8. The molecule has 0 spiro atoms. The number of nitrogens with zero attached hydrogens (tertiary/aromatic N) is 3. The first kappa shape index (κ1) is 17.5. The summed E-state index contributed by atoms with van der Waals surface area (Å²) < 4.78 is 13.0. The molecule has 4 heteroatoms. The van der Waals surface area contributed by atoms with Crippen LogP contribution in [0.4, 0.5) is 10.1 Å². The van der Waals surface area contributed by atoms with Gasteiger partial charge < -0.3 is 4.90 Å². The Balaban J connectivity index is 1.23. The van der Waals surface area contributed by atoms with Crippen LogP contribution in [0, 0.1) is 5.82 Å². The lowest BCUT2D eigenvalue weighted by Crippen LogP contribution is -2.53. The lowest BCUT2D eigenvalue weighted by molar-refractivity contribution is 0.0998. The smallest absolute Gasteiger partial charge is 0.123 e. The van der Waals surface area contributed by atoms with Gasteiger partial charge in [0.1, 0.15) is 5.82 Å². The second kappa shape index (κ2) is 8.19. The predicted molar refractivity (Wildman–Crippen MR) is 105 cm³/mol. The lowest BCUT2D eigenvalue weighted by Gasteiger charge is -2.43. The average molecular weight is 353 g/mol. The maximum absolute atomic E-state index is 13.0. The highest BCUT2D eigenvalue weighted by Crippen LogP contribution is 2.22. The van der Waals surface area contributed by atoms with E-state index in [0.717, 1.165) is 51.9 Å². The Kier molecular flexibility index (Phi) is 5.51. The van der Waals surface area contributed by atoms with E-state index >= 15 is 0 Å². The Labute approximate surface area is 156 Å². The molecule has 2 aromatic rings. The number of hydrogen-bond donors (Lipinski definition) is 0. The predicted octanol–water partition coefficient (Wildman–Crippen LogP) is 3.61. The number of halogens is 1. The monoisotopic (exact) mass is 353 g/mol. The fraction of sp³-hybridized carbons (Fsp3) is 0.455. The molecule has 0 atom stereocenters. The topological polar surface area (TPSA) is 9.72 Å². The highest BCUT2D eigenvalue weighted by Gasteiger charge is 2.27. The molecule has 2 aromatic carbocycles. The van der Waals surface area contributed by atoms with Gasteiger partial charge in [0.25, 0.3) is 0 Å². The number of benzene rings is 2. The van der Waals surface area contributed by atoms with E-state index in [0.29, 0.717) is 0 Å². The number of para-hydroxylation sites is 1. The third kappa shape index (κ3) is 4.25. The van der Waals surface area contributed by atoms with Crippen molar-refractivity contribution < 1.29 is 4.39 Å². The molecular weight excluding hydrogens is 325 g/mol. The third-order valence-electron chi connectivity index (χ3n) is 5.83. The van der Waals surface area contributed by atoms with E-state index < -0.39 is 0 Å². The van der Waals surface area contributed by atoms with Gasteiger partial charge in [-0.25, -0.2) is 4.39 Å². The molecule has 2 saturated heterocycles. The molecule has 0 saturated carbocycles. The average Bonchev–Trinajstić information content (AvgIpc) is 2.71. The molecule has 0 aromatic heterocycles. The molecule has 0 aliphatic carbocycles. The standard InChI is InChI=1S/C22H28FN3/c23-20-8-6-19(7-9-20)18-24-12-10-22(11-13-24)26-16-14-25(15-17-26)21-4-2-1-3-5-21/h1-9,22H,10-18H2. The summed E-state index contributed by atoms with van der Waals surface area (Å²) >= 11 is 0.